The van der Waals surface area contributed by atoms with E-state index >= 15 is 0 Å². The molecular formula is C16H23Br2N. The molecule has 1 saturated carbocycles. The number of rotatable bonds is 3. The highest BCUT2D eigenvalue weighted by Gasteiger charge is 2.24. The Morgan fingerprint density at radius 1 is 1.05 bits per heavy atom. The van der Waals surface area contributed by atoms with Gasteiger partial charge in [0.05, 0.1) is 0 Å². The van der Waals surface area contributed by atoms with Crippen LogP contribution in [-0.4, -0.2) is 7.05 Å². The molecular weight excluding hydrogens is 366 g/mol. The Balaban J connectivity index is 2.27. The molecule has 1 nitrogen and oxygen atoms in total. The van der Waals surface area contributed by atoms with Gasteiger partial charge >= 0.3 is 0 Å². The molecule has 0 radical (unpaired) electrons. The van der Waals surface area contributed by atoms with Gasteiger partial charge in [-0.15, -0.1) is 0 Å². The SMILES string of the molecule is CNC(c1cc(Br)c(C)cc1Br)C1CCCCCC1. The summed E-state index contributed by atoms with van der Waals surface area (Å²) in [5.74, 6) is 0.762. The molecule has 1 unspecified atom stereocenters. The smallest absolute Gasteiger partial charge is 0.0357 e. The van der Waals surface area contributed by atoms with Crippen molar-refractivity contribution in [2.24, 2.45) is 5.92 Å². The summed E-state index contributed by atoms with van der Waals surface area (Å²) in [6, 6.07) is 4.97. The van der Waals surface area contributed by atoms with Crippen LogP contribution in [0.25, 0.3) is 0 Å². The van der Waals surface area contributed by atoms with Crippen molar-refractivity contribution in [3.8, 4) is 0 Å². The largest absolute Gasteiger partial charge is 0.313 e. The highest BCUT2D eigenvalue weighted by atomic mass is 79.9. The minimum atomic E-state index is 0.462. The van der Waals surface area contributed by atoms with Crippen molar-refractivity contribution < 1.29 is 0 Å². The second-order valence-electron chi connectivity index (χ2n) is 5.64. The molecule has 0 spiro atoms. The number of nitrogens with one attached hydrogen (secondary N) is 1. The molecule has 2 rings (SSSR count). The lowest BCUT2D eigenvalue weighted by molar-refractivity contribution is 0.340. The first-order valence-electron chi connectivity index (χ1n) is 7.26. The summed E-state index contributed by atoms with van der Waals surface area (Å²) < 4.78 is 2.44. The minimum Gasteiger partial charge on any atom is -0.313 e. The maximum atomic E-state index is 3.75. The third-order valence-electron chi connectivity index (χ3n) is 4.30. The van der Waals surface area contributed by atoms with E-state index in [0.717, 1.165) is 5.92 Å². The van der Waals surface area contributed by atoms with Crippen LogP contribution in [0.4, 0.5) is 0 Å². The summed E-state index contributed by atoms with van der Waals surface area (Å²) >= 11 is 7.42. The lowest BCUT2D eigenvalue weighted by Crippen LogP contribution is -2.25. The van der Waals surface area contributed by atoms with Crippen molar-refractivity contribution in [1.29, 1.82) is 0 Å². The first-order valence-corrected chi connectivity index (χ1v) is 8.85. The lowest BCUT2D eigenvalue weighted by Gasteiger charge is -2.27. The maximum Gasteiger partial charge on any atom is 0.0357 e. The van der Waals surface area contributed by atoms with Crippen LogP contribution < -0.4 is 5.32 Å². The van der Waals surface area contributed by atoms with E-state index in [1.165, 1.54) is 58.6 Å². The molecule has 1 N–H and O–H groups in total. The van der Waals surface area contributed by atoms with Crippen LogP contribution in [0.2, 0.25) is 0 Å². The summed E-state index contributed by atoms with van der Waals surface area (Å²) in [6.07, 6.45) is 8.28. The molecule has 106 valence electrons. The molecule has 1 atom stereocenters. The van der Waals surface area contributed by atoms with E-state index in [0.29, 0.717) is 6.04 Å². The van der Waals surface area contributed by atoms with Gasteiger partial charge < -0.3 is 5.32 Å². The zero-order chi connectivity index (χ0) is 13.8. The predicted molar refractivity (Wildman–Crippen MR) is 89.6 cm³/mol. The van der Waals surface area contributed by atoms with Crippen LogP contribution in [0, 0.1) is 12.8 Å². The highest BCUT2D eigenvalue weighted by molar-refractivity contribution is 9.11. The van der Waals surface area contributed by atoms with E-state index in [-0.39, 0.29) is 0 Å². The third kappa shape index (κ3) is 3.83. The van der Waals surface area contributed by atoms with E-state index in [9.17, 15) is 0 Å². The second kappa shape index (κ2) is 7.24. The Morgan fingerprint density at radius 2 is 1.68 bits per heavy atom. The quantitative estimate of drug-likeness (QED) is 0.649. The molecule has 1 fully saturated rings. The van der Waals surface area contributed by atoms with Crippen molar-refractivity contribution in [3.05, 3.63) is 32.2 Å². The van der Waals surface area contributed by atoms with Gasteiger partial charge in [0.1, 0.15) is 0 Å². The van der Waals surface area contributed by atoms with E-state index < -0.39 is 0 Å². The fourth-order valence-corrected chi connectivity index (χ4v) is 4.25. The second-order valence-corrected chi connectivity index (χ2v) is 7.35. The van der Waals surface area contributed by atoms with Crippen molar-refractivity contribution >= 4 is 31.9 Å². The van der Waals surface area contributed by atoms with Crippen molar-refractivity contribution in [2.75, 3.05) is 7.05 Å². The molecule has 0 saturated heterocycles. The molecule has 1 aliphatic carbocycles. The Morgan fingerprint density at radius 3 is 2.26 bits per heavy atom. The molecule has 0 aliphatic heterocycles. The van der Waals surface area contributed by atoms with E-state index in [2.05, 4.69) is 63.3 Å². The maximum absolute atomic E-state index is 3.75. The fourth-order valence-electron chi connectivity index (χ4n) is 3.19. The van der Waals surface area contributed by atoms with Gasteiger partial charge in [-0.1, -0.05) is 57.5 Å². The van der Waals surface area contributed by atoms with Crippen LogP contribution in [0.3, 0.4) is 0 Å². The molecule has 0 bridgehead atoms. The summed E-state index contributed by atoms with van der Waals surface area (Å²) in [4.78, 5) is 0. The predicted octanol–water partition coefficient (Wildman–Crippen LogP) is 5.75. The Labute approximate surface area is 133 Å². The van der Waals surface area contributed by atoms with E-state index in [1.54, 1.807) is 0 Å². The van der Waals surface area contributed by atoms with Gasteiger partial charge in [-0.25, -0.2) is 0 Å². The molecule has 0 aromatic heterocycles. The molecule has 1 aromatic rings. The van der Waals surface area contributed by atoms with Crippen LogP contribution in [0.1, 0.15) is 55.7 Å². The number of hydrogen-bond donors (Lipinski definition) is 1. The first kappa shape index (κ1) is 15.5. The summed E-state index contributed by atoms with van der Waals surface area (Å²) in [5, 5.41) is 3.55. The highest BCUT2D eigenvalue weighted by Crippen LogP contribution is 2.38. The average Bonchev–Trinajstić information content (AvgIpc) is 2.65. The average molecular weight is 389 g/mol. The summed E-state index contributed by atoms with van der Waals surface area (Å²) in [7, 11) is 2.09. The Hall–Kier alpha value is 0.140. The van der Waals surface area contributed by atoms with Crippen LogP contribution in [0.5, 0.6) is 0 Å². The van der Waals surface area contributed by atoms with Gasteiger partial charge in [0.2, 0.25) is 0 Å². The first-order chi connectivity index (χ1) is 9.13. The van der Waals surface area contributed by atoms with Gasteiger partial charge in [-0.3, -0.25) is 0 Å². The number of halogens is 2. The minimum absolute atomic E-state index is 0.462. The zero-order valence-corrected chi connectivity index (χ0v) is 15.0. The number of aryl methyl sites for hydroxylation is 1. The summed E-state index contributed by atoms with van der Waals surface area (Å²) in [5.41, 5.74) is 2.68. The topological polar surface area (TPSA) is 12.0 Å². The van der Waals surface area contributed by atoms with Crippen molar-refractivity contribution in [2.45, 2.75) is 51.5 Å². The molecule has 0 heterocycles. The molecule has 1 aliphatic rings. The van der Waals surface area contributed by atoms with Gasteiger partial charge in [0.15, 0.2) is 0 Å². The molecule has 0 amide bonds. The van der Waals surface area contributed by atoms with Gasteiger partial charge in [-0.2, -0.15) is 0 Å². The van der Waals surface area contributed by atoms with Gasteiger partial charge in [0.25, 0.3) is 0 Å². The Bertz CT molecular complexity index is 423. The molecule has 3 heteroatoms. The number of benzene rings is 1. The van der Waals surface area contributed by atoms with E-state index in [4.69, 9.17) is 0 Å². The van der Waals surface area contributed by atoms with Gasteiger partial charge in [0, 0.05) is 15.0 Å². The summed E-state index contributed by atoms with van der Waals surface area (Å²) in [6.45, 7) is 2.14. The van der Waals surface area contributed by atoms with Crippen molar-refractivity contribution in [3.63, 3.8) is 0 Å². The van der Waals surface area contributed by atoms with Crippen LogP contribution in [-0.2, 0) is 0 Å². The standard InChI is InChI=1S/C16H23Br2N/c1-11-9-15(18)13(10-14(11)17)16(19-2)12-7-5-3-4-6-8-12/h9-10,12,16,19H,3-8H2,1-2H3. The van der Waals surface area contributed by atoms with Crippen LogP contribution >= 0.6 is 31.9 Å². The molecule has 19 heavy (non-hydrogen) atoms. The van der Waals surface area contributed by atoms with Gasteiger partial charge in [-0.05, 0) is 56.0 Å². The normalized spacial score (nSPS) is 19.2. The zero-order valence-electron chi connectivity index (χ0n) is 11.8. The Kier molecular flexibility index (Phi) is 5.91. The lowest BCUT2D eigenvalue weighted by atomic mass is 9.87. The number of hydrogen-bond acceptors (Lipinski definition) is 1. The van der Waals surface area contributed by atoms with Crippen molar-refractivity contribution in [1.82, 2.24) is 5.32 Å². The monoisotopic (exact) mass is 387 g/mol. The molecule has 1 aromatic carbocycles. The fraction of sp³-hybridized carbons (Fsp3) is 0.625. The third-order valence-corrected chi connectivity index (χ3v) is 5.84. The van der Waals surface area contributed by atoms with Crippen LogP contribution in [0.15, 0.2) is 21.1 Å². The van der Waals surface area contributed by atoms with E-state index in [1.807, 2.05) is 0 Å².